The highest BCUT2D eigenvalue weighted by Crippen LogP contribution is 2.22. The average Bonchev–Trinajstić information content (AvgIpc) is 2.66. The molecule has 2 aromatic rings. The number of oxime groups is 1. The van der Waals surface area contributed by atoms with Crippen molar-refractivity contribution in [1.82, 2.24) is 0 Å². The Morgan fingerprint density at radius 3 is 2.58 bits per heavy atom. The lowest BCUT2D eigenvalue weighted by Crippen LogP contribution is -2.31. The number of carbonyl (C=O) groups is 1. The average molecular weight is 416 g/mol. The van der Waals surface area contributed by atoms with Gasteiger partial charge >= 0.3 is 6.09 Å². The largest absolute Gasteiger partial charge is 0.452 e. The Hall–Kier alpha value is -2.85. The minimum absolute atomic E-state index is 0.120. The maximum Gasteiger partial charge on any atom is 0.414 e. The molecule has 26 heavy (non-hydrogen) atoms. The van der Waals surface area contributed by atoms with Crippen molar-refractivity contribution in [2.24, 2.45) is 5.16 Å². The maximum atomic E-state index is 11.9. The fourth-order valence-corrected chi connectivity index (χ4v) is 2.53. The predicted octanol–water partition coefficient (Wildman–Crippen LogP) is 4.49. The molecule has 0 radical (unpaired) electrons. The van der Waals surface area contributed by atoms with Crippen LogP contribution in [0.5, 0.6) is 0 Å². The number of amides is 1. The van der Waals surface area contributed by atoms with Gasteiger partial charge in [-0.2, -0.15) is 5.26 Å². The molecule has 0 fully saturated rings. The molecule has 0 aliphatic carbocycles. The first kappa shape index (κ1) is 19.5. The molecule has 0 bridgehead atoms. The number of rotatable bonds is 6. The Labute approximate surface area is 160 Å². The van der Waals surface area contributed by atoms with E-state index >= 15 is 0 Å². The standard InChI is InChI=1S/C19H18BrN3O3/c1-14(15-7-9-17(20)10-8-15)22-26-13-16-5-3-4-6-18(16)23(12-11-21)19(24)25-2/h3-10H,12-13H2,1-2H3/b22-14+. The van der Waals surface area contributed by atoms with Crippen LogP contribution in [0.15, 0.2) is 58.2 Å². The summed E-state index contributed by atoms with van der Waals surface area (Å²) in [6, 6.07) is 16.9. The zero-order valence-corrected chi connectivity index (χ0v) is 16.1. The second-order valence-corrected chi connectivity index (χ2v) is 6.22. The van der Waals surface area contributed by atoms with Gasteiger partial charge in [0.2, 0.25) is 0 Å². The molecule has 0 aromatic heterocycles. The van der Waals surface area contributed by atoms with E-state index in [4.69, 9.17) is 14.8 Å². The van der Waals surface area contributed by atoms with E-state index in [9.17, 15) is 4.79 Å². The van der Waals surface area contributed by atoms with Crippen LogP contribution in [0, 0.1) is 11.3 Å². The number of anilines is 1. The summed E-state index contributed by atoms with van der Waals surface area (Å²) >= 11 is 3.39. The molecule has 0 unspecified atom stereocenters. The van der Waals surface area contributed by atoms with Gasteiger partial charge in [0.15, 0.2) is 0 Å². The summed E-state index contributed by atoms with van der Waals surface area (Å²) < 4.78 is 5.74. The second kappa shape index (κ2) is 9.59. The summed E-state index contributed by atoms with van der Waals surface area (Å²) in [6.07, 6.45) is -0.603. The van der Waals surface area contributed by atoms with E-state index in [2.05, 4.69) is 21.1 Å². The third-order valence-corrected chi connectivity index (χ3v) is 4.12. The molecule has 2 rings (SSSR count). The van der Waals surface area contributed by atoms with Crippen LogP contribution < -0.4 is 4.90 Å². The smallest absolute Gasteiger partial charge is 0.414 e. The molecular weight excluding hydrogens is 398 g/mol. The quantitative estimate of drug-likeness (QED) is 0.395. The van der Waals surface area contributed by atoms with Gasteiger partial charge in [-0.15, -0.1) is 0 Å². The number of nitriles is 1. The summed E-state index contributed by atoms with van der Waals surface area (Å²) in [7, 11) is 1.28. The number of methoxy groups -OCH3 is 1. The lowest BCUT2D eigenvalue weighted by Gasteiger charge is -2.20. The van der Waals surface area contributed by atoms with Crippen molar-refractivity contribution in [3.63, 3.8) is 0 Å². The number of benzene rings is 2. The fraction of sp³-hybridized carbons (Fsp3) is 0.211. The highest BCUT2D eigenvalue weighted by Gasteiger charge is 2.19. The number of carbonyl (C=O) groups excluding carboxylic acids is 1. The van der Waals surface area contributed by atoms with Crippen molar-refractivity contribution in [1.29, 1.82) is 5.26 Å². The van der Waals surface area contributed by atoms with Crippen molar-refractivity contribution < 1.29 is 14.4 Å². The third-order valence-electron chi connectivity index (χ3n) is 3.59. The first-order valence-electron chi connectivity index (χ1n) is 7.79. The van der Waals surface area contributed by atoms with Gasteiger partial charge in [0.05, 0.1) is 24.6 Å². The Morgan fingerprint density at radius 2 is 1.92 bits per heavy atom. The van der Waals surface area contributed by atoms with Crippen molar-refractivity contribution in [2.75, 3.05) is 18.6 Å². The van der Waals surface area contributed by atoms with Gasteiger partial charge < -0.3 is 9.57 Å². The van der Waals surface area contributed by atoms with Gasteiger partial charge in [-0.3, -0.25) is 4.90 Å². The zero-order chi connectivity index (χ0) is 18.9. The number of hydrogen-bond acceptors (Lipinski definition) is 5. The minimum Gasteiger partial charge on any atom is -0.452 e. The summed E-state index contributed by atoms with van der Waals surface area (Å²) in [6.45, 7) is 1.89. The molecule has 0 spiro atoms. The van der Waals surface area contributed by atoms with E-state index in [-0.39, 0.29) is 13.2 Å². The van der Waals surface area contributed by atoms with Crippen molar-refractivity contribution >= 4 is 33.4 Å². The molecule has 1 amide bonds. The summed E-state index contributed by atoms with van der Waals surface area (Å²) in [4.78, 5) is 18.6. The van der Waals surface area contributed by atoms with E-state index in [1.54, 1.807) is 12.1 Å². The van der Waals surface area contributed by atoms with Gasteiger partial charge in [0.1, 0.15) is 13.2 Å². The van der Waals surface area contributed by atoms with E-state index < -0.39 is 6.09 Å². The van der Waals surface area contributed by atoms with Crippen LogP contribution in [-0.2, 0) is 16.2 Å². The van der Waals surface area contributed by atoms with E-state index in [0.717, 1.165) is 21.3 Å². The minimum atomic E-state index is -0.603. The third kappa shape index (κ3) is 5.07. The van der Waals surface area contributed by atoms with E-state index in [0.29, 0.717) is 5.69 Å². The Kier molecular flexibility index (Phi) is 7.18. The van der Waals surface area contributed by atoms with Crippen LogP contribution in [-0.4, -0.2) is 25.5 Å². The van der Waals surface area contributed by atoms with Crippen LogP contribution in [0.25, 0.3) is 0 Å². The maximum absolute atomic E-state index is 11.9. The SMILES string of the molecule is COC(=O)N(CC#N)c1ccccc1CO/N=C(\C)c1ccc(Br)cc1. The molecule has 0 saturated heterocycles. The molecule has 6 nitrogen and oxygen atoms in total. The lowest BCUT2D eigenvalue weighted by molar-refractivity contribution is 0.130. The molecule has 0 atom stereocenters. The highest BCUT2D eigenvalue weighted by atomic mass is 79.9. The Bertz CT molecular complexity index is 829. The zero-order valence-electron chi connectivity index (χ0n) is 14.5. The van der Waals surface area contributed by atoms with Crippen molar-refractivity contribution in [2.45, 2.75) is 13.5 Å². The molecule has 0 aliphatic rings. The van der Waals surface area contributed by atoms with E-state index in [1.807, 2.05) is 49.4 Å². The molecule has 0 aliphatic heterocycles. The summed E-state index contributed by atoms with van der Waals surface area (Å²) in [5.74, 6) is 0. The number of para-hydroxylation sites is 1. The van der Waals surface area contributed by atoms with Crippen LogP contribution >= 0.6 is 15.9 Å². The number of halogens is 1. The Morgan fingerprint density at radius 1 is 1.23 bits per heavy atom. The number of hydrogen-bond donors (Lipinski definition) is 0. The summed E-state index contributed by atoms with van der Waals surface area (Å²) in [5.41, 5.74) is 2.96. The second-order valence-electron chi connectivity index (χ2n) is 5.30. The molecule has 7 heteroatoms. The first-order valence-corrected chi connectivity index (χ1v) is 8.59. The van der Waals surface area contributed by atoms with E-state index in [1.165, 1.54) is 12.0 Å². The first-order chi connectivity index (χ1) is 12.6. The molecule has 134 valence electrons. The molecule has 2 aromatic carbocycles. The Balaban J connectivity index is 2.15. The van der Waals surface area contributed by atoms with Crippen LogP contribution in [0.3, 0.4) is 0 Å². The topological polar surface area (TPSA) is 74.9 Å². The van der Waals surface area contributed by atoms with Gasteiger partial charge in [-0.05, 0) is 30.7 Å². The normalized spacial score (nSPS) is 10.8. The van der Waals surface area contributed by atoms with Crippen molar-refractivity contribution in [3.8, 4) is 6.07 Å². The van der Waals surface area contributed by atoms with Gasteiger partial charge in [0, 0.05) is 10.0 Å². The number of nitrogens with zero attached hydrogens (tertiary/aromatic N) is 3. The van der Waals surface area contributed by atoms with Crippen LogP contribution in [0.4, 0.5) is 10.5 Å². The highest BCUT2D eigenvalue weighted by molar-refractivity contribution is 9.10. The van der Waals surface area contributed by atoms with Crippen LogP contribution in [0.1, 0.15) is 18.1 Å². The van der Waals surface area contributed by atoms with Crippen LogP contribution in [0.2, 0.25) is 0 Å². The monoisotopic (exact) mass is 415 g/mol. The summed E-state index contributed by atoms with van der Waals surface area (Å²) in [5, 5.41) is 13.1. The van der Waals surface area contributed by atoms with Gasteiger partial charge in [-0.1, -0.05) is 51.4 Å². The molecular formula is C19H18BrN3O3. The lowest BCUT2D eigenvalue weighted by atomic mass is 10.1. The predicted molar refractivity (Wildman–Crippen MR) is 103 cm³/mol. The molecule has 0 heterocycles. The molecule has 0 N–H and O–H groups in total. The van der Waals surface area contributed by atoms with Gasteiger partial charge in [0.25, 0.3) is 0 Å². The number of ether oxygens (including phenoxy) is 1. The molecule has 0 saturated carbocycles. The fourth-order valence-electron chi connectivity index (χ4n) is 2.27. The van der Waals surface area contributed by atoms with Gasteiger partial charge in [-0.25, -0.2) is 4.79 Å². The van der Waals surface area contributed by atoms with Crippen molar-refractivity contribution in [3.05, 3.63) is 64.1 Å².